The van der Waals surface area contributed by atoms with E-state index in [1.54, 1.807) is 6.07 Å². The van der Waals surface area contributed by atoms with E-state index in [9.17, 15) is 22.9 Å². The summed E-state index contributed by atoms with van der Waals surface area (Å²) in [6, 6.07) is 7.89. The fraction of sp³-hybridized carbons (Fsp3) is 0.250. The molecule has 2 N–H and O–H groups in total. The van der Waals surface area contributed by atoms with Crippen molar-refractivity contribution in [2.24, 2.45) is 5.14 Å². The van der Waals surface area contributed by atoms with Gasteiger partial charge in [0.15, 0.2) is 0 Å². The zero-order chi connectivity index (χ0) is 18.4. The summed E-state index contributed by atoms with van der Waals surface area (Å²) in [5.41, 5.74) is 1.67. The molecule has 1 atom stereocenters. The third-order valence-corrected chi connectivity index (χ3v) is 5.23. The average molecular weight is 365 g/mol. The molecule has 0 saturated carbocycles. The SMILES string of the molecule is C[C@@H]1Cc2cc(S(N)(=O)=O)ccc2N1Cc1cc(F)ccc1[N+](=O)[O-]. The van der Waals surface area contributed by atoms with Gasteiger partial charge < -0.3 is 4.90 Å². The van der Waals surface area contributed by atoms with E-state index in [0.717, 1.165) is 29.4 Å². The average Bonchev–Trinajstić information content (AvgIpc) is 2.81. The number of anilines is 1. The number of rotatable bonds is 4. The number of hydrogen-bond acceptors (Lipinski definition) is 5. The number of halogens is 1. The molecule has 25 heavy (non-hydrogen) atoms. The van der Waals surface area contributed by atoms with E-state index in [1.807, 2.05) is 11.8 Å². The first kappa shape index (κ1) is 17.3. The van der Waals surface area contributed by atoms with Crippen LogP contribution in [0.4, 0.5) is 15.8 Å². The van der Waals surface area contributed by atoms with Gasteiger partial charge in [-0.15, -0.1) is 0 Å². The Morgan fingerprint density at radius 3 is 2.68 bits per heavy atom. The van der Waals surface area contributed by atoms with Gasteiger partial charge in [-0.25, -0.2) is 17.9 Å². The van der Waals surface area contributed by atoms with Crippen LogP contribution in [0, 0.1) is 15.9 Å². The van der Waals surface area contributed by atoms with Gasteiger partial charge >= 0.3 is 0 Å². The van der Waals surface area contributed by atoms with Crippen LogP contribution in [0.15, 0.2) is 41.3 Å². The van der Waals surface area contributed by atoms with Crippen LogP contribution in [0.5, 0.6) is 0 Å². The first-order valence-corrected chi connectivity index (χ1v) is 9.06. The second-order valence-electron chi connectivity index (χ2n) is 6.05. The molecule has 0 saturated heterocycles. The summed E-state index contributed by atoms with van der Waals surface area (Å²) >= 11 is 0. The summed E-state index contributed by atoms with van der Waals surface area (Å²) < 4.78 is 36.5. The van der Waals surface area contributed by atoms with Gasteiger partial charge in [0.25, 0.3) is 5.69 Å². The lowest BCUT2D eigenvalue weighted by atomic mass is 10.1. The van der Waals surface area contributed by atoms with Crippen LogP contribution in [-0.2, 0) is 23.0 Å². The van der Waals surface area contributed by atoms with Gasteiger partial charge in [-0.1, -0.05) is 0 Å². The summed E-state index contributed by atoms with van der Waals surface area (Å²) in [4.78, 5) is 12.5. The van der Waals surface area contributed by atoms with Gasteiger partial charge in [0.05, 0.1) is 21.9 Å². The van der Waals surface area contributed by atoms with Crippen LogP contribution >= 0.6 is 0 Å². The lowest BCUT2D eigenvalue weighted by Gasteiger charge is -2.25. The number of nitro groups is 1. The lowest BCUT2D eigenvalue weighted by Crippen LogP contribution is -2.29. The molecular weight excluding hydrogens is 349 g/mol. The number of primary sulfonamides is 1. The molecule has 0 aromatic heterocycles. The highest BCUT2D eigenvalue weighted by molar-refractivity contribution is 7.89. The Kier molecular flexibility index (Phi) is 4.21. The van der Waals surface area contributed by atoms with Crippen molar-refractivity contribution in [2.45, 2.75) is 30.8 Å². The van der Waals surface area contributed by atoms with Crippen molar-refractivity contribution in [3.05, 3.63) is 63.5 Å². The molecule has 7 nitrogen and oxygen atoms in total. The molecule has 0 amide bonds. The fourth-order valence-electron chi connectivity index (χ4n) is 3.13. The maximum atomic E-state index is 13.5. The van der Waals surface area contributed by atoms with Crippen molar-refractivity contribution in [1.29, 1.82) is 0 Å². The highest BCUT2D eigenvalue weighted by Crippen LogP contribution is 2.36. The van der Waals surface area contributed by atoms with Gasteiger partial charge in [0.1, 0.15) is 5.82 Å². The van der Waals surface area contributed by atoms with Crippen molar-refractivity contribution in [3.63, 3.8) is 0 Å². The smallest absolute Gasteiger partial charge is 0.274 e. The van der Waals surface area contributed by atoms with E-state index >= 15 is 0 Å². The molecule has 0 unspecified atom stereocenters. The zero-order valence-electron chi connectivity index (χ0n) is 13.3. The standard InChI is InChI=1S/C16H16FN3O4S/c1-10-6-11-8-14(25(18,23)24)3-5-15(11)19(10)9-12-7-13(17)2-4-16(12)20(21)22/h2-5,7-8,10H,6,9H2,1H3,(H2,18,23,24)/t10-/m1/s1. The Morgan fingerprint density at radius 1 is 1.32 bits per heavy atom. The molecule has 1 aliphatic rings. The molecule has 0 bridgehead atoms. The Labute approximate surface area is 144 Å². The minimum absolute atomic E-state index is 0.0198. The molecule has 132 valence electrons. The van der Waals surface area contributed by atoms with E-state index in [0.29, 0.717) is 6.42 Å². The van der Waals surface area contributed by atoms with E-state index in [4.69, 9.17) is 5.14 Å². The normalized spacial score (nSPS) is 16.8. The number of sulfonamides is 1. The minimum atomic E-state index is -3.80. The van der Waals surface area contributed by atoms with Crippen LogP contribution in [0.3, 0.4) is 0 Å². The first-order chi connectivity index (χ1) is 11.7. The topological polar surface area (TPSA) is 107 Å². The van der Waals surface area contributed by atoms with Gasteiger partial charge in [-0.05, 0) is 49.2 Å². The number of nitrogens with zero attached hydrogens (tertiary/aromatic N) is 2. The van der Waals surface area contributed by atoms with E-state index in [-0.39, 0.29) is 28.7 Å². The van der Waals surface area contributed by atoms with Gasteiger partial charge in [-0.2, -0.15) is 0 Å². The highest BCUT2D eigenvalue weighted by atomic mass is 32.2. The minimum Gasteiger partial charge on any atom is -0.364 e. The largest absolute Gasteiger partial charge is 0.364 e. The van der Waals surface area contributed by atoms with Crippen molar-refractivity contribution >= 4 is 21.4 Å². The Hall–Kier alpha value is -2.52. The summed E-state index contributed by atoms with van der Waals surface area (Å²) in [6.07, 6.45) is 0.571. The quantitative estimate of drug-likeness (QED) is 0.661. The predicted molar refractivity (Wildman–Crippen MR) is 90.2 cm³/mol. The van der Waals surface area contributed by atoms with Crippen molar-refractivity contribution in [2.75, 3.05) is 4.90 Å². The lowest BCUT2D eigenvalue weighted by molar-refractivity contribution is -0.385. The van der Waals surface area contributed by atoms with Crippen LogP contribution in [0.25, 0.3) is 0 Å². The summed E-state index contributed by atoms with van der Waals surface area (Å²) in [5.74, 6) is -0.544. The monoisotopic (exact) mass is 365 g/mol. The Morgan fingerprint density at radius 2 is 2.04 bits per heavy atom. The molecule has 3 rings (SSSR count). The third kappa shape index (κ3) is 3.33. The van der Waals surface area contributed by atoms with Crippen LogP contribution in [0.1, 0.15) is 18.1 Å². The van der Waals surface area contributed by atoms with Gasteiger partial charge in [0.2, 0.25) is 10.0 Å². The number of fused-ring (bicyclic) bond motifs is 1. The molecular formula is C16H16FN3O4S. The van der Waals surface area contributed by atoms with Crippen LogP contribution in [0.2, 0.25) is 0 Å². The van der Waals surface area contributed by atoms with E-state index in [2.05, 4.69) is 0 Å². The number of nitrogens with two attached hydrogens (primary N) is 1. The molecule has 0 fully saturated rings. The second kappa shape index (κ2) is 6.08. The molecule has 9 heteroatoms. The van der Waals surface area contributed by atoms with Crippen molar-refractivity contribution in [1.82, 2.24) is 0 Å². The maximum absolute atomic E-state index is 13.5. The van der Waals surface area contributed by atoms with Gasteiger partial charge in [-0.3, -0.25) is 10.1 Å². The van der Waals surface area contributed by atoms with Crippen LogP contribution < -0.4 is 10.0 Å². The molecule has 2 aromatic carbocycles. The van der Waals surface area contributed by atoms with E-state index < -0.39 is 20.8 Å². The number of benzene rings is 2. The van der Waals surface area contributed by atoms with Crippen molar-refractivity contribution < 1.29 is 17.7 Å². The van der Waals surface area contributed by atoms with Crippen molar-refractivity contribution in [3.8, 4) is 0 Å². The summed E-state index contributed by atoms with van der Waals surface area (Å²) in [7, 11) is -3.80. The predicted octanol–water partition coefficient (Wildman–Crippen LogP) is 2.33. The Bertz CT molecular complexity index is 962. The molecule has 0 spiro atoms. The van der Waals surface area contributed by atoms with E-state index in [1.165, 1.54) is 12.1 Å². The molecule has 2 aromatic rings. The summed E-state index contributed by atoms with van der Waals surface area (Å²) in [5, 5.41) is 16.3. The molecule has 0 radical (unpaired) electrons. The Balaban J connectivity index is 1.99. The summed E-state index contributed by atoms with van der Waals surface area (Å²) in [6.45, 7) is 2.07. The third-order valence-electron chi connectivity index (χ3n) is 4.32. The highest BCUT2D eigenvalue weighted by Gasteiger charge is 2.29. The zero-order valence-corrected chi connectivity index (χ0v) is 14.2. The number of hydrogen-bond donors (Lipinski definition) is 1. The first-order valence-electron chi connectivity index (χ1n) is 7.52. The number of nitro benzene ring substituents is 1. The second-order valence-corrected chi connectivity index (χ2v) is 7.61. The maximum Gasteiger partial charge on any atom is 0.274 e. The molecule has 1 aliphatic heterocycles. The van der Waals surface area contributed by atoms with Gasteiger partial charge in [0, 0.05) is 17.8 Å². The molecule has 1 heterocycles. The fourth-order valence-corrected chi connectivity index (χ4v) is 3.70. The van der Waals surface area contributed by atoms with Crippen LogP contribution in [-0.4, -0.2) is 19.4 Å². The molecule has 0 aliphatic carbocycles.